The Bertz CT molecular complexity index is 1190. The highest BCUT2D eigenvalue weighted by Gasteiger charge is 2.22. The molecule has 2 heterocycles. The molecule has 2 aromatic heterocycles. The Morgan fingerprint density at radius 3 is 2.50 bits per heavy atom. The average Bonchev–Trinajstić information content (AvgIpc) is 3.52. The molecule has 0 aliphatic heterocycles. The zero-order valence-corrected chi connectivity index (χ0v) is 19.1. The normalized spacial score (nSPS) is 10.7. The Labute approximate surface area is 191 Å². The zero-order chi connectivity index (χ0) is 22.5. The van der Waals surface area contributed by atoms with E-state index >= 15 is 0 Å². The SMILES string of the molecule is COc1ccc(CCN(C)C(=O)c2cn(-c3ccccc3)nc2-c2cccs2)cc1OC. The number of benzene rings is 2. The highest BCUT2D eigenvalue weighted by atomic mass is 32.1. The van der Waals surface area contributed by atoms with Crippen LogP contribution in [0.5, 0.6) is 11.5 Å². The van der Waals surface area contributed by atoms with Crippen LogP contribution in [-0.2, 0) is 6.42 Å². The van der Waals surface area contributed by atoms with Crippen LogP contribution < -0.4 is 9.47 Å². The number of likely N-dealkylation sites (N-methyl/N-ethyl adjacent to an activating group) is 1. The monoisotopic (exact) mass is 447 g/mol. The molecular weight excluding hydrogens is 422 g/mol. The van der Waals surface area contributed by atoms with Gasteiger partial charge in [0, 0.05) is 19.8 Å². The molecule has 0 saturated carbocycles. The van der Waals surface area contributed by atoms with Crippen LogP contribution in [-0.4, -0.2) is 48.4 Å². The van der Waals surface area contributed by atoms with Crippen molar-refractivity contribution >= 4 is 17.2 Å². The lowest BCUT2D eigenvalue weighted by molar-refractivity contribution is 0.0797. The van der Waals surface area contributed by atoms with Gasteiger partial charge in [0.05, 0.1) is 30.3 Å². The Morgan fingerprint density at radius 2 is 1.81 bits per heavy atom. The summed E-state index contributed by atoms with van der Waals surface area (Å²) in [6.07, 6.45) is 2.52. The lowest BCUT2D eigenvalue weighted by atomic mass is 10.1. The van der Waals surface area contributed by atoms with Crippen molar-refractivity contribution in [3.8, 4) is 27.8 Å². The molecule has 0 unspecified atom stereocenters. The fraction of sp³-hybridized carbons (Fsp3) is 0.200. The van der Waals surface area contributed by atoms with E-state index in [-0.39, 0.29) is 5.91 Å². The number of amides is 1. The predicted octanol–water partition coefficient (Wildman–Crippen LogP) is 4.93. The number of carbonyl (C=O) groups excluding carboxylic acids is 1. The summed E-state index contributed by atoms with van der Waals surface area (Å²) in [6.45, 7) is 0.564. The van der Waals surface area contributed by atoms with E-state index in [1.165, 1.54) is 0 Å². The van der Waals surface area contributed by atoms with Crippen molar-refractivity contribution in [3.63, 3.8) is 0 Å². The van der Waals surface area contributed by atoms with E-state index in [0.717, 1.165) is 16.1 Å². The van der Waals surface area contributed by atoms with Gasteiger partial charge in [0.2, 0.25) is 0 Å². The Kier molecular flexibility index (Phi) is 6.56. The molecule has 0 atom stereocenters. The zero-order valence-electron chi connectivity index (χ0n) is 18.3. The molecule has 0 radical (unpaired) electrons. The van der Waals surface area contributed by atoms with Crippen LogP contribution in [0.4, 0.5) is 0 Å². The van der Waals surface area contributed by atoms with E-state index < -0.39 is 0 Å². The Morgan fingerprint density at radius 1 is 1.03 bits per heavy atom. The summed E-state index contributed by atoms with van der Waals surface area (Å²) < 4.78 is 12.5. The summed E-state index contributed by atoms with van der Waals surface area (Å²) in [5, 5.41) is 6.73. The maximum absolute atomic E-state index is 13.4. The van der Waals surface area contributed by atoms with E-state index in [1.807, 2.05) is 79.3 Å². The fourth-order valence-electron chi connectivity index (χ4n) is 3.48. The lowest BCUT2D eigenvalue weighted by Crippen LogP contribution is -2.29. The minimum atomic E-state index is -0.0592. The van der Waals surface area contributed by atoms with Crippen molar-refractivity contribution in [2.24, 2.45) is 0 Å². The first-order valence-corrected chi connectivity index (χ1v) is 11.1. The lowest BCUT2D eigenvalue weighted by Gasteiger charge is -2.17. The second-order valence-electron chi connectivity index (χ2n) is 7.31. The van der Waals surface area contributed by atoms with Crippen LogP contribution in [0, 0.1) is 0 Å². The van der Waals surface area contributed by atoms with Crippen LogP contribution in [0.15, 0.2) is 72.2 Å². The largest absolute Gasteiger partial charge is 0.493 e. The number of carbonyl (C=O) groups is 1. The number of ether oxygens (including phenoxy) is 2. The van der Waals surface area contributed by atoms with Crippen LogP contribution in [0.2, 0.25) is 0 Å². The van der Waals surface area contributed by atoms with E-state index in [4.69, 9.17) is 14.6 Å². The van der Waals surface area contributed by atoms with Gasteiger partial charge in [-0.05, 0) is 47.7 Å². The van der Waals surface area contributed by atoms with Gasteiger partial charge in [-0.2, -0.15) is 5.10 Å². The van der Waals surface area contributed by atoms with Crippen molar-refractivity contribution in [2.75, 3.05) is 27.8 Å². The number of methoxy groups -OCH3 is 2. The molecule has 0 fully saturated rings. The summed E-state index contributed by atoms with van der Waals surface area (Å²) in [7, 11) is 5.06. The Hall–Kier alpha value is -3.58. The third-order valence-electron chi connectivity index (χ3n) is 5.25. The summed E-state index contributed by atoms with van der Waals surface area (Å²) in [5.74, 6) is 1.31. The number of para-hydroxylation sites is 1. The van der Waals surface area contributed by atoms with E-state index in [1.54, 1.807) is 35.1 Å². The van der Waals surface area contributed by atoms with E-state index in [0.29, 0.717) is 35.7 Å². The Balaban J connectivity index is 1.56. The standard InChI is InChI=1S/C25H25N3O3S/c1-27(14-13-18-11-12-21(30-2)22(16-18)31-3)25(29)20-17-28(19-8-5-4-6-9-19)26-24(20)23-10-7-15-32-23/h4-12,15-17H,13-14H2,1-3H3. The first-order chi connectivity index (χ1) is 15.6. The van der Waals surface area contributed by atoms with Gasteiger partial charge in [0.25, 0.3) is 5.91 Å². The summed E-state index contributed by atoms with van der Waals surface area (Å²) in [4.78, 5) is 16.1. The van der Waals surface area contributed by atoms with Gasteiger partial charge >= 0.3 is 0 Å². The first kappa shape index (κ1) is 21.6. The maximum Gasteiger partial charge on any atom is 0.257 e. The van der Waals surface area contributed by atoms with Gasteiger partial charge in [-0.3, -0.25) is 4.79 Å². The van der Waals surface area contributed by atoms with E-state index in [9.17, 15) is 4.79 Å². The minimum Gasteiger partial charge on any atom is -0.493 e. The van der Waals surface area contributed by atoms with Gasteiger partial charge < -0.3 is 14.4 Å². The minimum absolute atomic E-state index is 0.0592. The van der Waals surface area contributed by atoms with Crippen molar-refractivity contribution < 1.29 is 14.3 Å². The average molecular weight is 448 g/mol. The van der Waals surface area contributed by atoms with Crippen molar-refractivity contribution in [3.05, 3.63) is 83.4 Å². The molecule has 0 aliphatic rings. The molecular formula is C25H25N3O3S. The molecule has 1 amide bonds. The quantitative estimate of drug-likeness (QED) is 0.384. The number of aromatic nitrogens is 2. The number of hydrogen-bond acceptors (Lipinski definition) is 5. The third-order valence-corrected chi connectivity index (χ3v) is 6.13. The second kappa shape index (κ2) is 9.70. The second-order valence-corrected chi connectivity index (χ2v) is 8.26. The summed E-state index contributed by atoms with van der Waals surface area (Å²) in [5.41, 5.74) is 3.27. The molecule has 0 N–H and O–H groups in total. The molecule has 0 aliphatic carbocycles. The molecule has 0 bridgehead atoms. The van der Waals surface area contributed by atoms with Crippen molar-refractivity contribution in [1.29, 1.82) is 0 Å². The molecule has 2 aromatic carbocycles. The van der Waals surface area contributed by atoms with Crippen LogP contribution in [0.3, 0.4) is 0 Å². The first-order valence-electron chi connectivity index (χ1n) is 10.3. The number of nitrogens with zero attached hydrogens (tertiary/aromatic N) is 3. The van der Waals surface area contributed by atoms with Crippen molar-refractivity contribution in [2.45, 2.75) is 6.42 Å². The third kappa shape index (κ3) is 4.53. The predicted molar refractivity (Wildman–Crippen MR) is 127 cm³/mol. The molecule has 4 aromatic rings. The maximum atomic E-state index is 13.4. The fourth-order valence-corrected chi connectivity index (χ4v) is 4.20. The van der Waals surface area contributed by atoms with Gasteiger partial charge in [0.1, 0.15) is 5.69 Å². The molecule has 6 nitrogen and oxygen atoms in total. The molecule has 7 heteroatoms. The smallest absolute Gasteiger partial charge is 0.257 e. The van der Waals surface area contributed by atoms with Crippen LogP contribution in [0.25, 0.3) is 16.3 Å². The molecule has 0 spiro atoms. The van der Waals surface area contributed by atoms with Crippen LogP contribution >= 0.6 is 11.3 Å². The molecule has 4 rings (SSSR count). The topological polar surface area (TPSA) is 56.6 Å². The number of thiophene rings is 1. The van der Waals surface area contributed by atoms with Gasteiger partial charge in [0.15, 0.2) is 11.5 Å². The number of hydrogen-bond donors (Lipinski definition) is 0. The van der Waals surface area contributed by atoms with Gasteiger partial charge in [-0.25, -0.2) is 4.68 Å². The highest BCUT2D eigenvalue weighted by molar-refractivity contribution is 7.13. The highest BCUT2D eigenvalue weighted by Crippen LogP contribution is 2.29. The molecule has 0 saturated heterocycles. The van der Waals surface area contributed by atoms with Crippen molar-refractivity contribution in [1.82, 2.24) is 14.7 Å². The summed E-state index contributed by atoms with van der Waals surface area (Å²) >= 11 is 1.57. The van der Waals surface area contributed by atoms with Gasteiger partial charge in [-0.15, -0.1) is 11.3 Å². The molecule has 164 valence electrons. The van der Waals surface area contributed by atoms with Crippen LogP contribution in [0.1, 0.15) is 15.9 Å². The van der Waals surface area contributed by atoms with E-state index in [2.05, 4.69) is 0 Å². The van der Waals surface area contributed by atoms with Gasteiger partial charge in [-0.1, -0.05) is 30.3 Å². The number of rotatable bonds is 8. The summed E-state index contributed by atoms with van der Waals surface area (Å²) in [6, 6.07) is 19.6. The molecule has 32 heavy (non-hydrogen) atoms.